The molecule has 1 atom stereocenters. The van der Waals surface area contributed by atoms with Crippen molar-refractivity contribution in [3.63, 3.8) is 0 Å². The van der Waals surface area contributed by atoms with Crippen molar-refractivity contribution in [2.45, 2.75) is 13.0 Å². The molecule has 0 amide bonds. The van der Waals surface area contributed by atoms with Gasteiger partial charge in [-0.25, -0.2) is 4.68 Å². The lowest BCUT2D eigenvalue weighted by Gasteiger charge is -1.99. The van der Waals surface area contributed by atoms with Crippen LogP contribution in [-0.2, 0) is 0 Å². The van der Waals surface area contributed by atoms with Gasteiger partial charge in [0.15, 0.2) is 0 Å². The fourth-order valence-corrected chi connectivity index (χ4v) is 1.36. The second-order valence-electron chi connectivity index (χ2n) is 3.65. The Labute approximate surface area is 97.0 Å². The maximum Gasteiger partial charge on any atom is 0.271 e. The third-order valence-electron chi connectivity index (χ3n) is 2.28. The molecule has 7 heteroatoms. The lowest BCUT2D eigenvalue weighted by atomic mass is 10.2. The molecule has 0 saturated carbocycles. The summed E-state index contributed by atoms with van der Waals surface area (Å²) in [6.45, 7) is 1.79. The number of nitrogens with zero attached hydrogens (tertiary/aromatic N) is 4. The maximum atomic E-state index is 10.6. The molecule has 0 radical (unpaired) electrons. The largest absolute Gasteiger partial charge is 0.323 e. The van der Waals surface area contributed by atoms with Gasteiger partial charge in [-0.05, 0) is 13.0 Å². The highest BCUT2D eigenvalue weighted by atomic mass is 16.6. The molecule has 88 valence electrons. The summed E-state index contributed by atoms with van der Waals surface area (Å²) in [4.78, 5) is 10.2. The number of non-ortho nitro benzene ring substituents is 1. The monoisotopic (exact) mass is 233 g/mol. The van der Waals surface area contributed by atoms with Gasteiger partial charge in [0, 0.05) is 18.2 Å². The summed E-state index contributed by atoms with van der Waals surface area (Å²) in [5, 5.41) is 18.4. The van der Waals surface area contributed by atoms with Crippen LogP contribution in [0.5, 0.6) is 0 Å². The van der Waals surface area contributed by atoms with Gasteiger partial charge in [0.1, 0.15) is 0 Å². The molecular weight excluding hydrogens is 222 g/mol. The molecule has 1 heterocycles. The van der Waals surface area contributed by atoms with Crippen molar-refractivity contribution in [1.82, 2.24) is 15.0 Å². The van der Waals surface area contributed by atoms with E-state index in [2.05, 4.69) is 10.3 Å². The molecular formula is C10H11N5O2. The summed E-state index contributed by atoms with van der Waals surface area (Å²) in [7, 11) is 0. The van der Waals surface area contributed by atoms with Crippen molar-refractivity contribution >= 4 is 5.69 Å². The Morgan fingerprint density at radius 2 is 2.29 bits per heavy atom. The first-order valence-electron chi connectivity index (χ1n) is 5.00. The first-order valence-corrected chi connectivity index (χ1v) is 5.00. The Balaban J connectivity index is 2.38. The van der Waals surface area contributed by atoms with Crippen LogP contribution in [0.3, 0.4) is 0 Å². The molecule has 0 spiro atoms. The number of nitro benzene ring substituents is 1. The van der Waals surface area contributed by atoms with Crippen LogP contribution < -0.4 is 5.73 Å². The average Bonchev–Trinajstić information content (AvgIpc) is 2.78. The standard InChI is InChI=1S/C10H11N5O2/c1-7(11)10-6-14(13-12-10)8-3-2-4-9(5-8)15(16)17/h2-7H,11H2,1H3. The van der Waals surface area contributed by atoms with Crippen molar-refractivity contribution in [2.24, 2.45) is 5.73 Å². The molecule has 0 saturated heterocycles. The Bertz CT molecular complexity index is 549. The molecule has 1 unspecified atom stereocenters. The SMILES string of the molecule is CC(N)c1cn(-c2cccc([N+](=O)[O-])c2)nn1. The molecule has 1 aromatic heterocycles. The van der Waals surface area contributed by atoms with Crippen LogP contribution in [0, 0.1) is 10.1 Å². The van der Waals surface area contributed by atoms with Crippen molar-refractivity contribution in [1.29, 1.82) is 0 Å². The summed E-state index contributed by atoms with van der Waals surface area (Å²) >= 11 is 0. The van der Waals surface area contributed by atoms with Crippen molar-refractivity contribution in [3.05, 3.63) is 46.3 Å². The number of nitrogens with two attached hydrogens (primary N) is 1. The zero-order valence-electron chi connectivity index (χ0n) is 9.15. The van der Waals surface area contributed by atoms with Gasteiger partial charge in [0.05, 0.1) is 22.5 Å². The van der Waals surface area contributed by atoms with E-state index in [1.54, 1.807) is 25.3 Å². The zero-order chi connectivity index (χ0) is 12.4. The normalized spacial score (nSPS) is 12.4. The minimum absolute atomic E-state index is 0.0142. The molecule has 0 bridgehead atoms. The van der Waals surface area contributed by atoms with E-state index >= 15 is 0 Å². The summed E-state index contributed by atoms with van der Waals surface area (Å²) < 4.78 is 1.46. The highest BCUT2D eigenvalue weighted by Gasteiger charge is 2.10. The van der Waals surface area contributed by atoms with E-state index in [1.165, 1.54) is 16.8 Å². The van der Waals surface area contributed by atoms with E-state index in [-0.39, 0.29) is 11.7 Å². The van der Waals surface area contributed by atoms with Gasteiger partial charge >= 0.3 is 0 Å². The first-order chi connectivity index (χ1) is 8.08. The molecule has 2 aromatic rings. The summed E-state index contributed by atoms with van der Waals surface area (Å²) in [5.41, 5.74) is 6.89. The van der Waals surface area contributed by atoms with Gasteiger partial charge in [-0.3, -0.25) is 10.1 Å². The Hall–Kier alpha value is -2.28. The molecule has 7 nitrogen and oxygen atoms in total. The molecule has 0 fully saturated rings. The third-order valence-corrected chi connectivity index (χ3v) is 2.28. The Kier molecular flexibility index (Phi) is 2.84. The van der Waals surface area contributed by atoms with Crippen LogP contribution in [0.2, 0.25) is 0 Å². The average molecular weight is 233 g/mol. The minimum Gasteiger partial charge on any atom is -0.323 e. The first kappa shape index (κ1) is 11.2. The van der Waals surface area contributed by atoms with E-state index in [4.69, 9.17) is 5.73 Å². The van der Waals surface area contributed by atoms with Crippen LogP contribution in [0.25, 0.3) is 5.69 Å². The van der Waals surface area contributed by atoms with Crippen LogP contribution in [-0.4, -0.2) is 19.9 Å². The van der Waals surface area contributed by atoms with Crippen LogP contribution in [0.4, 0.5) is 5.69 Å². The smallest absolute Gasteiger partial charge is 0.271 e. The van der Waals surface area contributed by atoms with Gasteiger partial charge in [-0.15, -0.1) is 5.10 Å². The van der Waals surface area contributed by atoms with E-state index in [0.717, 1.165) is 0 Å². The second kappa shape index (κ2) is 4.30. The maximum absolute atomic E-state index is 10.6. The van der Waals surface area contributed by atoms with E-state index in [0.29, 0.717) is 11.4 Å². The van der Waals surface area contributed by atoms with Crippen molar-refractivity contribution < 1.29 is 4.92 Å². The fraction of sp³-hybridized carbons (Fsp3) is 0.200. The highest BCUT2D eigenvalue weighted by Crippen LogP contribution is 2.16. The molecule has 0 aliphatic rings. The van der Waals surface area contributed by atoms with Crippen molar-refractivity contribution in [2.75, 3.05) is 0 Å². The molecule has 17 heavy (non-hydrogen) atoms. The highest BCUT2D eigenvalue weighted by molar-refractivity contribution is 5.42. The fourth-order valence-electron chi connectivity index (χ4n) is 1.36. The molecule has 0 aliphatic carbocycles. The molecule has 2 rings (SSSR count). The Morgan fingerprint density at radius 1 is 1.53 bits per heavy atom. The number of benzene rings is 1. The zero-order valence-corrected chi connectivity index (χ0v) is 9.15. The quantitative estimate of drug-likeness (QED) is 0.634. The van der Waals surface area contributed by atoms with E-state index < -0.39 is 4.92 Å². The van der Waals surface area contributed by atoms with E-state index in [1.807, 2.05) is 0 Å². The van der Waals surface area contributed by atoms with Crippen molar-refractivity contribution in [3.8, 4) is 5.69 Å². The van der Waals surface area contributed by atoms with Crippen LogP contribution in [0.15, 0.2) is 30.5 Å². The molecule has 2 N–H and O–H groups in total. The van der Waals surface area contributed by atoms with Gasteiger partial charge in [0.25, 0.3) is 5.69 Å². The van der Waals surface area contributed by atoms with Gasteiger partial charge in [-0.2, -0.15) is 0 Å². The predicted octanol–water partition coefficient (Wildman–Crippen LogP) is 1.20. The van der Waals surface area contributed by atoms with Gasteiger partial charge in [-0.1, -0.05) is 11.3 Å². The summed E-state index contributed by atoms with van der Waals surface area (Å²) in [5.74, 6) is 0. The number of hydrogen-bond donors (Lipinski definition) is 1. The number of hydrogen-bond acceptors (Lipinski definition) is 5. The van der Waals surface area contributed by atoms with Crippen LogP contribution >= 0.6 is 0 Å². The van der Waals surface area contributed by atoms with Gasteiger partial charge in [0.2, 0.25) is 0 Å². The minimum atomic E-state index is -0.451. The number of aromatic nitrogens is 3. The molecule has 0 aliphatic heterocycles. The Morgan fingerprint density at radius 3 is 2.88 bits per heavy atom. The number of rotatable bonds is 3. The lowest BCUT2D eigenvalue weighted by Crippen LogP contribution is -2.04. The predicted molar refractivity (Wildman–Crippen MR) is 60.6 cm³/mol. The summed E-state index contributed by atoms with van der Waals surface area (Å²) in [6.07, 6.45) is 1.66. The second-order valence-corrected chi connectivity index (χ2v) is 3.65. The third kappa shape index (κ3) is 2.28. The number of nitro groups is 1. The lowest BCUT2D eigenvalue weighted by molar-refractivity contribution is -0.384. The van der Waals surface area contributed by atoms with Crippen LogP contribution in [0.1, 0.15) is 18.7 Å². The topological polar surface area (TPSA) is 99.9 Å². The van der Waals surface area contributed by atoms with E-state index in [9.17, 15) is 10.1 Å². The summed E-state index contributed by atoms with van der Waals surface area (Å²) in [6, 6.07) is 5.95. The molecule has 1 aromatic carbocycles. The van der Waals surface area contributed by atoms with Gasteiger partial charge < -0.3 is 5.73 Å².